The zero-order valence-corrected chi connectivity index (χ0v) is 15.4. The van der Waals surface area contributed by atoms with Gasteiger partial charge >= 0.3 is 17.1 Å². The van der Waals surface area contributed by atoms with E-state index in [1.54, 1.807) is 12.4 Å². The third-order valence-corrected chi connectivity index (χ3v) is 2.06. The van der Waals surface area contributed by atoms with Crippen LogP contribution < -0.4 is 22.1 Å². The Morgan fingerprint density at radius 3 is 1.57 bits per heavy atom. The fourth-order valence-corrected chi connectivity index (χ4v) is 1.22. The summed E-state index contributed by atoms with van der Waals surface area (Å²) in [5.41, 5.74) is 15.1. The van der Waals surface area contributed by atoms with Gasteiger partial charge in [0.05, 0.1) is 17.6 Å². The molecule has 2 aromatic rings. The average Bonchev–Trinajstić information content (AvgIpc) is 3.20. The number of rotatable bonds is 1. The Bertz CT molecular complexity index is 624. The second kappa shape index (κ2) is 18.4. The molecule has 0 radical (unpaired) electrons. The van der Waals surface area contributed by atoms with Gasteiger partial charge in [-0.05, 0) is 12.1 Å². The zero-order valence-electron chi connectivity index (χ0n) is 14.5. The van der Waals surface area contributed by atoms with Gasteiger partial charge in [0.15, 0.2) is 0 Å². The van der Waals surface area contributed by atoms with E-state index >= 15 is 0 Å². The highest BCUT2D eigenvalue weighted by atomic mass is 32.3. The minimum Gasteiger partial charge on any atom is -0.395 e. The number of nitrogens with one attached hydrogen (secondary N) is 3. The molecular formula is C13H23F3N6O5S. The highest BCUT2D eigenvalue weighted by Crippen LogP contribution is 2.04. The second-order valence-electron chi connectivity index (χ2n) is 4.23. The van der Waals surface area contributed by atoms with Gasteiger partial charge in [-0.2, -0.15) is 27.1 Å². The van der Waals surface area contributed by atoms with Crippen LogP contribution in [0, 0.1) is 0 Å². The molecule has 1 aromatic heterocycles. The molecule has 1 fully saturated rings. The molecule has 0 amide bonds. The van der Waals surface area contributed by atoms with Crippen molar-refractivity contribution in [2.75, 3.05) is 26.2 Å². The molecule has 28 heavy (non-hydrogen) atoms. The number of hydrogen-bond donors (Lipinski definition) is 7. The van der Waals surface area contributed by atoms with Crippen LogP contribution in [-0.2, 0) is 10.4 Å². The van der Waals surface area contributed by atoms with Crippen LogP contribution in [0.15, 0.2) is 36.7 Å². The van der Waals surface area contributed by atoms with Crippen LogP contribution in [0.25, 0.3) is 11.0 Å². The molecule has 0 saturated carbocycles. The van der Waals surface area contributed by atoms with E-state index in [1.807, 2.05) is 24.3 Å². The topological polar surface area (TPSA) is 183 Å². The van der Waals surface area contributed by atoms with Crippen LogP contribution in [0.4, 0.5) is 13.2 Å². The van der Waals surface area contributed by atoms with Crippen molar-refractivity contribution in [2.24, 2.45) is 5.73 Å². The SMILES string of the molecule is C1CNNN1.FC(F)F.NCCO.O=S(=O)(O)O.c1ccc2nccnc2c1. The molecule has 8 N–H and O–H groups in total. The molecule has 1 aliphatic rings. The van der Waals surface area contributed by atoms with Gasteiger partial charge in [-0.15, -0.1) is 0 Å². The van der Waals surface area contributed by atoms with Crippen LogP contribution in [0.2, 0.25) is 0 Å². The lowest BCUT2D eigenvalue weighted by Gasteiger charge is -1.90. The first-order valence-corrected chi connectivity index (χ1v) is 8.81. The summed E-state index contributed by atoms with van der Waals surface area (Å²) in [4.78, 5) is 8.24. The van der Waals surface area contributed by atoms with Gasteiger partial charge in [0.25, 0.3) is 0 Å². The fourth-order valence-electron chi connectivity index (χ4n) is 1.22. The Morgan fingerprint density at radius 2 is 1.36 bits per heavy atom. The number of hydrogen-bond acceptors (Lipinski definition) is 9. The Labute approximate surface area is 159 Å². The van der Waals surface area contributed by atoms with Crippen molar-refractivity contribution < 1.29 is 35.8 Å². The average molecular weight is 432 g/mol. The number of aliphatic hydroxyl groups is 1. The summed E-state index contributed by atoms with van der Waals surface area (Å²) >= 11 is 0. The lowest BCUT2D eigenvalue weighted by atomic mass is 10.3. The van der Waals surface area contributed by atoms with Crippen molar-refractivity contribution in [2.45, 2.75) is 6.68 Å². The number of aliphatic hydroxyl groups excluding tert-OH is 1. The number of benzene rings is 1. The van der Waals surface area contributed by atoms with Crippen molar-refractivity contribution >= 4 is 21.4 Å². The van der Waals surface area contributed by atoms with E-state index in [-0.39, 0.29) is 6.61 Å². The first-order chi connectivity index (χ1) is 13.1. The van der Waals surface area contributed by atoms with Crippen LogP contribution in [-0.4, -0.2) is 65.5 Å². The number of nitrogens with two attached hydrogens (primary N) is 1. The van der Waals surface area contributed by atoms with Gasteiger partial charge in [-0.25, -0.2) is 10.9 Å². The van der Waals surface area contributed by atoms with E-state index in [0.29, 0.717) is 6.54 Å². The zero-order chi connectivity index (χ0) is 21.8. The predicted octanol–water partition coefficient (Wildman–Crippen LogP) is -0.308. The maximum absolute atomic E-state index is 9.67. The van der Waals surface area contributed by atoms with Crippen LogP contribution >= 0.6 is 0 Å². The molecule has 3 rings (SSSR count). The van der Waals surface area contributed by atoms with E-state index < -0.39 is 17.1 Å². The third-order valence-electron chi connectivity index (χ3n) is 2.06. The largest absolute Gasteiger partial charge is 0.395 e. The Hall–Kier alpha value is -1.98. The summed E-state index contributed by atoms with van der Waals surface area (Å²) in [6.07, 6.45) is 3.39. The molecule has 2 heterocycles. The van der Waals surface area contributed by atoms with Crippen LogP contribution in [0.1, 0.15) is 0 Å². The molecule has 11 nitrogen and oxygen atoms in total. The number of alkyl halides is 3. The summed E-state index contributed by atoms with van der Waals surface area (Å²) < 4.78 is 60.6. The van der Waals surface area contributed by atoms with Crippen LogP contribution in [0.5, 0.6) is 0 Å². The monoisotopic (exact) mass is 432 g/mol. The first-order valence-electron chi connectivity index (χ1n) is 7.41. The Kier molecular flexibility index (Phi) is 18.5. The van der Waals surface area contributed by atoms with Crippen molar-refractivity contribution in [3.63, 3.8) is 0 Å². The first kappa shape index (κ1) is 28.2. The molecule has 1 saturated heterocycles. The van der Waals surface area contributed by atoms with E-state index in [9.17, 15) is 13.2 Å². The van der Waals surface area contributed by atoms with Gasteiger partial charge in [-0.1, -0.05) is 12.1 Å². The second-order valence-corrected chi connectivity index (χ2v) is 5.13. The highest BCUT2D eigenvalue weighted by Gasteiger charge is 1.89. The normalized spacial score (nSPS) is 12.3. The Morgan fingerprint density at radius 1 is 1.04 bits per heavy atom. The third kappa shape index (κ3) is 26.3. The number of nitrogens with zero attached hydrogens (tertiary/aromatic N) is 2. The summed E-state index contributed by atoms with van der Waals surface area (Å²) in [7, 11) is -4.67. The molecule has 1 aromatic carbocycles. The maximum Gasteiger partial charge on any atom is 0.394 e. The smallest absolute Gasteiger partial charge is 0.394 e. The molecule has 15 heteroatoms. The molecule has 0 bridgehead atoms. The van der Waals surface area contributed by atoms with E-state index in [4.69, 9.17) is 28.4 Å². The van der Waals surface area contributed by atoms with Gasteiger partial charge in [0.1, 0.15) is 0 Å². The fraction of sp³-hybridized carbons (Fsp3) is 0.385. The Balaban J connectivity index is 0. The highest BCUT2D eigenvalue weighted by molar-refractivity contribution is 7.79. The van der Waals surface area contributed by atoms with Crippen molar-refractivity contribution in [1.82, 2.24) is 26.4 Å². The van der Waals surface area contributed by atoms with Crippen LogP contribution in [0.3, 0.4) is 0 Å². The number of fused-ring (bicyclic) bond motifs is 1. The van der Waals surface area contributed by atoms with E-state index in [1.165, 1.54) is 0 Å². The molecule has 0 spiro atoms. The number of para-hydroxylation sites is 2. The molecule has 1 aliphatic heterocycles. The summed E-state index contributed by atoms with van der Waals surface area (Å²) in [6.45, 7) is -1.14. The summed E-state index contributed by atoms with van der Waals surface area (Å²) in [5, 5.41) is 7.75. The van der Waals surface area contributed by atoms with E-state index in [0.717, 1.165) is 24.1 Å². The van der Waals surface area contributed by atoms with Gasteiger partial charge in [0, 0.05) is 32.0 Å². The maximum atomic E-state index is 9.67. The standard InChI is InChI=1S/C8H6N2.C2H7N3.C2H7NO.CHF3.H2O4S/c1-2-4-8-7(3-1)9-5-6-10-8;1-2-4-5-3-1;3-1-2-4;2-1(3)4;1-5(2,3)4/h1-6H;3-5H,1-2H2;4H,1-3H2;1H;(H2,1,2,3,4). The van der Waals surface area contributed by atoms with E-state index in [2.05, 4.69) is 26.4 Å². The van der Waals surface area contributed by atoms with Gasteiger partial charge in [-0.3, -0.25) is 19.1 Å². The van der Waals surface area contributed by atoms with Gasteiger partial charge in [0.2, 0.25) is 0 Å². The minimum atomic E-state index is -4.67. The lowest BCUT2D eigenvalue weighted by molar-refractivity contribution is 0.00818. The molecule has 0 unspecified atom stereocenters. The number of aromatic nitrogens is 2. The number of hydrazine groups is 2. The molecular weight excluding hydrogens is 409 g/mol. The molecule has 0 aliphatic carbocycles. The van der Waals surface area contributed by atoms with Crippen molar-refractivity contribution in [3.05, 3.63) is 36.7 Å². The van der Waals surface area contributed by atoms with Gasteiger partial charge < -0.3 is 10.8 Å². The number of halogens is 3. The quantitative estimate of drug-likeness (QED) is 0.293. The van der Waals surface area contributed by atoms with Crippen molar-refractivity contribution in [3.8, 4) is 0 Å². The van der Waals surface area contributed by atoms with Crippen molar-refractivity contribution in [1.29, 1.82) is 0 Å². The lowest BCUT2D eigenvalue weighted by Crippen LogP contribution is -2.29. The molecule has 162 valence electrons. The molecule has 0 atom stereocenters. The minimum absolute atomic E-state index is 0.0972. The summed E-state index contributed by atoms with van der Waals surface area (Å²) in [6, 6.07) is 7.80. The predicted molar refractivity (Wildman–Crippen MR) is 96.1 cm³/mol. The summed E-state index contributed by atoms with van der Waals surface area (Å²) in [5.74, 6) is 0.